The van der Waals surface area contributed by atoms with Crippen molar-refractivity contribution in [3.63, 3.8) is 0 Å². The zero-order valence-corrected chi connectivity index (χ0v) is 13.4. The summed E-state index contributed by atoms with van der Waals surface area (Å²) in [4.78, 5) is 0. The Morgan fingerprint density at radius 1 is 1.24 bits per heavy atom. The van der Waals surface area contributed by atoms with Crippen molar-refractivity contribution in [2.24, 2.45) is 5.92 Å². The first-order valence-electron chi connectivity index (χ1n) is 8.03. The average molecular weight is 301 g/mol. The lowest BCUT2D eigenvalue weighted by molar-refractivity contribution is 0.242. The molecule has 1 fully saturated rings. The van der Waals surface area contributed by atoms with Crippen molar-refractivity contribution in [3.8, 4) is 11.4 Å². The zero-order valence-electron chi connectivity index (χ0n) is 12.6. The molecule has 1 heterocycles. The second-order valence-corrected chi connectivity index (χ2v) is 6.35. The first kappa shape index (κ1) is 14.5. The summed E-state index contributed by atoms with van der Waals surface area (Å²) in [5.41, 5.74) is 1.14. The van der Waals surface area contributed by atoms with Crippen LogP contribution in [0.25, 0.3) is 11.4 Å². The fourth-order valence-corrected chi connectivity index (χ4v) is 3.92. The van der Waals surface area contributed by atoms with Gasteiger partial charge >= 0.3 is 0 Å². The molecular weight excluding hydrogens is 278 g/mol. The lowest BCUT2D eigenvalue weighted by Crippen LogP contribution is -2.22. The van der Waals surface area contributed by atoms with Crippen LogP contribution in [0, 0.1) is 10.7 Å². The van der Waals surface area contributed by atoms with Gasteiger partial charge in [-0.25, -0.2) is 0 Å². The Hall–Kier alpha value is -1.42. The Labute approximate surface area is 131 Å². The van der Waals surface area contributed by atoms with Gasteiger partial charge in [-0.3, -0.25) is 9.67 Å². The number of rotatable bonds is 4. The van der Waals surface area contributed by atoms with E-state index in [2.05, 4.69) is 46.0 Å². The van der Waals surface area contributed by atoms with Gasteiger partial charge in [-0.15, -0.1) is 0 Å². The molecule has 4 heteroatoms. The van der Waals surface area contributed by atoms with Crippen LogP contribution < -0.4 is 0 Å². The number of nitrogens with zero attached hydrogens (tertiary/aromatic N) is 2. The molecule has 1 N–H and O–H groups in total. The van der Waals surface area contributed by atoms with E-state index in [1.165, 1.54) is 32.1 Å². The molecule has 1 aromatic heterocycles. The molecule has 1 unspecified atom stereocenters. The number of H-pyrrole nitrogens is 1. The van der Waals surface area contributed by atoms with Crippen molar-refractivity contribution < 1.29 is 0 Å². The van der Waals surface area contributed by atoms with E-state index in [4.69, 9.17) is 12.2 Å². The number of hydrogen-bond donors (Lipinski definition) is 1. The van der Waals surface area contributed by atoms with Crippen LogP contribution in [0.2, 0.25) is 0 Å². The zero-order chi connectivity index (χ0) is 14.7. The molecular formula is C17H23N3S. The maximum atomic E-state index is 5.53. The van der Waals surface area contributed by atoms with Crippen LogP contribution >= 0.6 is 12.2 Å². The average Bonchev–Trinajstić information content (AvgIpc) is 2.92. The summed E-state index contributed by atoms with van der Waals surface area (Å²) in [6.45, 7) is 2.27. The third-order valence-electron chi connectivity index (χ3n) is 4.68. The Balaban J connectivity index is 2.00. The maximum Gasteiger partial charge on any atom is 0.195 e. The largest absolute Gasteiger partial charge is 0.297 e. The Bertz CT molecular complexity index is 623. The van der Waals surface area contributed by atoms with Crippen molar-refractivity contribution >= 4 is 12.2 Å². The molecule has 0 bridgehead atoms. The van der Waals surface area contributed by atoms with Gasteiger partial charge < -0.3 is 0 Å². The molecule has 1 saturated carbocycles. The number of aromatic amines is 1. The SMILES string of the molecule is CCC(C1CCCCC1)n1c(-c2ccccc2)n[nH]c1=S. The van der Waals surface area contributed by atoms with Gasteiger partial charge in [0.2, 0.25) is 0 Å². The smallest absolute Gasteiger partial charge is 0.195 e. The van der Waals surface area contributed by atoms with Gasteiger partial charge in [0, 0.05) is 11.6 Å². The fraction of sp³-hybridized carbons (Fsp3) is 0.529. The highest BCUT2D eigenvalue weighted by Crippen LogP contribution is 2.36. The molecule has 0 amide bonds. The van der Waals surface area contributed by atoms with E-state index in [1.807, 2.05) is 6.07 Å². The van der Waals surface area contributed by atoms with Gasteiger partial charge in [-0.2, -0.15) is 5.10 Å². The number of aromatic nitrogens is 3. The molecule has 1 aromatic carbocycles. The summed E-state index contributed by atoms with van der Waals surface area (Å²) in [5, 5.41) is 7.50. The highest BCUT2D eigenvalue weighted by atomic mass is 32.1. The van der Waals surface area contributed by atoms with Gasteiger partial charge in [-0.1, -0.05) is 56.5 Å². The van der Waals surface area contributed by atoms with Crippen LogP contribution in [0.3, 0.4) is 0 Å². The summed E-state index contributed by atoms with van der Waals surface area (Å²) in [6.07, 6.45) is 7.84. The number of nitrogens with one attached hydrogen (secondary N) is 1. The first-order chi connectivity index (χ1) is 10.3. The van der Waals surface area contributed by atoms with E-state index >= 15 is 0 Å². The van der Waals surface area contributed by atoms with Crippen LogP contribution in [0.15, 0.2) is 30.3 Å². The van der Waals surface area contributed by atoms with E-state index < -0.39 is 0 Å². The summed E-state index contributed by atoms with van der Waals surface area (Å²) in [5.74, 6) is 1.72. The highest BCUT2D eigenvalue weighted by molar-refractivity contribution is 7.71. The Morgan fingerprint density at radius 3 is 2.62 bits per heavy atom. The molecule has 1 atom stereocenters. The molecule has 0 spiro atoms. The van der Waals surface area contributed by atoms with Crippen molar-refractivity contribution in [3.05, 3.63) is 35.1 Å². The van der Waals surface area contributed by atoms with Crippen LogP contribution in [0.1, 0.15) is 51.5 Å². The van der Waals surface area contributed by atoms with Crippen LogP contribution in [-0.2, 0) is 0 Å². The molecule has 21 heavy (non-hydrogen) atoms. The van der Waals surface area contributed by atoms with Crippen molar-refractivity contribution in [2.75, 3.05) is 0 Å². The predicted octanol–water partition coefficient (Wildman–Crippen LogP) is 5.14. The lowest BCUT2D eigenvalue weighted by atomic mass is 9.82. The molecule has 0 saturated heterocycles. The van der Waals surface area contributed by atoms with E-state index in [0.717, 1.165) is 28.5 Å². The van der Waals surface area contributed by atoms with Gasteiger partial charge in [0.15, 0.2) is 10.6 Å². The maximum absolute atomic E-state index is 5.53. The normalized spacial score (nSPS) is 17.8. The summed E-state index contributed by atoms with van der Waals surface area (Å²) < 4.78 is 3.02. The molecule has 2 aromatic rings. The van der Waals surface area contributed by atoms with E-state index in [0.29, 0.717) is 6.04 Å². The molecule has 112 valence electrons. The van der Waals surface area contributed by atoms with Gasteiger partial charge in [0.05, 0.1) is 0 Å². The molecule has 0 aliphatic heterocycles. The van der Waals surface area contributed by atoms with Gasteiger partial charge in [0.1, 0.15) is 0 Å². The predicted molar refractivity (Wildman–Crippen MR) is 88.8 cm³/mol. The van der Waals surface area contributed by atoms with Crippen LogP contribution in [-0.4, -0.2) is 14.8 Å². The Kier molecular flexibility index (Phi) is 4.54. The van der Waals surface area contributed by atoms with Crippen molar-refractivity contribution in [2.45, 2.75) is 51.5 Å². The standard InChI is InChI=1S/C17H23N3S/c1-2-15(13-9-5-3-6-10-13)20-16(18-19-17(20)21)14-11-7-4-8-12-14/h4,7-8,11-13,15H,2-3,5-6,9-10H2,1H3,(H,19,21). The number of hydrogen-bond acceptors (Lipinski definition) is 2. The van der Waals surface area contributed by atoms with E-state index in [-0.39, 0.29) is 0 Å². The Morgan fingerprint density at radius 2 is 1.95 bits per heavy atom. The molecule has 3 nitrogen and oxygen atoms in total. The van der Waals surface area contributed by atoms with Gasteiger partial charge in [0.25, 0.3) is 0 Å². The minimum absolute atomic E-state index is 0.465. The minimum atomic E-state index is 0.465. The third kappa shape index (κ3) is 2.95. The van der Waals surface area contributed by atoms with Crippen LogP contribution in [0.4, 0.5) is 0 Å². The molecule has 3 rings (SSSR count). The van der Waals surface area contributed by atoms with Crippen LogP contribution in [0.5, 0.6) is 0 Å². The topological polar surface area (TPSA) is 33.6 Å². The molecule has 1 aliphatic carbocycles. The quantitative estimate of drug-likeness (QED) is 0.793. The second-order valence-electron chi connectivity index (χ2n) is 5.96. The highest BCUT2D eigenvalue weighted by Gasteiger charge is 2.26. The third-order valence-corrected chi connectivity index (χ3v) is 4.97. The monoisotopic (exact) mass is 301 g/mol. The van der Waals surface area contributed by atoms with Crippen molar-refractivity contribution in [1.29, 1.82) is 0 Å². The minimum Gasteiger partial charge on any atom is -0.297 e. The fourth-order valence-electron chi connectivity index (χ4n) is 3.65. The second kappa shape index (κ2) is 6.56. The van der Waals surface area contributed by atoms with E-state index in [9.17, 15) is 0 Å². The summed E-state index contributed by atoms with van der Waals surface area (Å²) in [7, 11) is 0. The molecule has 1 aliphatic rings. The van der Waals surface area contributed by atoms with Gasteiger partial charge in [-0.05, 0) is 37.4 Å². The lowest BCUT2D eigenvalue weighted by Gasteiger charge is -2.31. The van der Waals surface area contributed by atoms with Crippen molar-refractivity contribution in [1.82, 2.24) is 14.8 Å². The summed E-state index contributed by atoms with van der Waals surface area (Å²) >= 11 is 5.53. The summed E-state index contributed by atoms with van der Waals surface area (Å²) in [6, 6.07) is 10.8. The molecule has 0 radical (unpaired) electrons. The van der Waals surface area contributed by atoms with E-state index in [1.54, 1.807) is 0 Å². The first-order valence-corrected chi connectivity index (χ1v) is 8.44. The number of benzene rings is 1.